The zero-order valence-electron chi connectivity index (χ0n) is 9.48. The van der Waals surface area contributed by atoms with Crippen molar-refractivity contribution in [3.05, 3.63) is 23.3 Å². The molecule has 0 aliphatic carbocycles. The first-order valence-corrected chi connectivity index (χ1v) is 4.99. The van der Waals surface area contributed by atoms with Crippen molar-refractivity contribution in [3.8, 4) is 5.75 Å². The quantitative estimate of drug-likeness (QED) is 0.783. The summed E-state index contributed by atoms with van der Waals surface area (Å²) in [5.74, 6) is -1.15. The van der Waals surface area contributed by atoms with Gasteiger partial charge in [0.1, 0.15) is 11.3 Å². The summed E-state index contributed by atoms with van der Waals surface area (Å²) in [7, 11) is 3.20. The molecule has 0 atom stereocenters. The third-order valence-electron chi connectivity index (χ3n) is 2.68. The highest BCUT2D eigenvalue weighted by Crippen LogP contribution is 2.31. The molecular formula is C11H12N2O4. The van der Waals surface area contributed by atoms with E-state index in [1.165, 1.54) is 13.2 Å². The van der Waals surface area contributed by atoms with Crippen LogP contribution in [0.2, 0.25) is 0 Å². The van der Waals surface area contributed by atoms with Crippen molar-refractivity contribution in [3.63, 3.8) is 0 Å². The molecule has 0 spiro atoms. The smallest absolute Gasteiger partial charge is 0.339 e. The third-order valence-corrected chi connectivity index (χ3v) is 2.68. The Morgan fingerprint density at radius 2 is 2.24 bits per heavy atom. The molecule has 1 aromatic rings. The van der Waals surface area contributed by atoms with E-state index >= 15 is 0 Å². The molecule has 1 amide bonds. The Labute approximate surface area is 97.8 Å². The maximum Gasteiger partial charge on any atom is 0.339 e. The lowest BCUT2D eigenvalue weighted by molar-refractivity contribution is 0.0693. The van der Waals surface area contributed by atoms with Gasteiger partial charge in [0.2, 0.25) is 0 Å². The number of nitrogens with zero attached hydrogens (tertiary/aromatic N) is 1. The van der Waals surface area contributed by atoms with Crippen LogP contribution in [0.4, 0.5) is 5.69 Å². The molecule has 6 heteroatoms. The van der Waals surface area contributed by atoms with E-state index in [2.05, 4.69) is 5.32 Å². The van der Waals surface area contributed by atoms with Crippen LogP contribution in [0.15, 0.2) is 12.1 Å². The predicted molar refractivity (Wildman–Crippen MR) is 60.7 cm³/mol. The molecule has 1 aromatic carbocycles. The molecule has 1 heterocycles. The number of hydrogen-bond donors (Lipinski definition) is 2. The van der Waals surface area contributed by atoms with Crippen molar-refractivity contribution in [2.75, 3.05) is 25.7 Å². The van der Waals surface area contributed by atoms with E-state index in [9.17, 15) is 9.59 Å². The molecule has 17 heavy (non-hydrogen) atoms. The Bertz CT molecular complexity index is 498. The highest BCUT2D eigenvalue weighted by molar-refractivity contribution is 6.05. The SMILES string of the molecule is COc1cc2c(cc1C(=O)O)C(=O)NCN2C. The summed E-state index contributed by atoms with van der Waals surface area (Å²) in [5.41, 5.74) is 0.990. The molecule has 2 rings (SSSR count). The number of carbonyl (C=O) groups excluding carboxylic acids is 1. The summed E-state index contributed by atoms with van der Waals surface area (Å²) in [4.78, 5) is 24.5. The van der Waals surface area contributed by atoms with E-state index in [0.717, 1.165) is 0 Å². The van der Waals surface area contributed by atoms with Gasteiger partial charge < -0.3 is 20.1 Å². The molecule has 0 bridgehead atoms. The molecule has 0 unspecified atom stereocenters. The number of aromatic carboxylic acids is 1. The number of amides is 1. The summed E-state index contributed by atoms with van der Waals surface area (Å²) in [5, 5.41) is 11.7. The fourth-order valence-corrected chi connectivity index (χ4v) is 1.77. The van der Waals surface area contributed by atoms with Crippen molar-refractivity contribution >= 4 is 17.6 Å². The average Bonchev–Trinajstić information content (AvgIpc) is 2.32. The number of carboxylic acids is 1. The van der Waals surface area contributed by atoms with Crippen LogP contribution < -0.4 is 15.0 Å². The summed E-state index contributed by atoms with van der Waals surface area (Å²) >= 11 is 0. The van der Waals surface area contributed by atoms with Gasteiger partial charge in [-0.3, -0.25) is 4.79 Å². The molecule has 2 N–H and O–H groups in total. The average molecular weight is 236 g/mol. The molecular weight excluding hydrogens is 224 g/mol. The Hall–Kier alpha value is -2.24. The number of rotatable bonds is 2. The second-order valence-electron chi connectivity index (χ2n) is 3.74. The summed E-state index contributed by atoms with van der Waals surface area (Å²) < 4.78 is 5.02. The predicted octanol–water partition coefficient (Wildman–Crippen LogP) is 0.530. The second kappa shape index (κ2) is 3.97. The molecule has 0 fully saturated rings. The first kappa shape index (κ1) is 11.3. The highest BCUT2D eigenvalue weighted by atomic mass is 16.5. The molecule has 1 aliphatic rings. The minimum atomic E-state index is -1.12. The first-order chi connectivity index (χ1) is 8.04. The van der Waals surface area contributed by atoms with Crippen LogP contribution >= 0.6 is 0 Å². The molecule has 0 saturated heterocycles. The fourth-order valence-electron chi connectivity index (χ4n) is 1.77. The Kier molecular flexibility index (Phi) is 2.63. The van der Waals surface area contributed by atoms with Gasteiger partial charge in [0.15, 0.2) is 0 Å². The Balaban J connectivity index is 2.64. The maximum atomic E-state index is 11.6. The number of hydrogen-bond acceptors (Lipinski definition) is 4. The number of fused-ring (bicyclic) bond motifs is 1. The topological polar surface area (TPSA) is 78.9 Å². The lowest BCUT2D eigenvalue weighted by Crippen LogP contribution is -2.41. The zero-order chi connectivity index (χ0) is 12.6. The largest absolute Gasteiger partial charge is 0.496 e. The summed E-state index contributed by atoms with van der Waals surface area (Å²) in [6, 6.07) is 2.90. The van der Waals surface area contributed by atoms with Crippen LogP contribution in [0.3, 0.4) is 0 Å². The lowest BCUT2D eigenvalue weighted by atomic mass is 10.0. The molecule has 0 aromatic heterocycles. The van der Waals surface area contributed by atoms with E-state index in [-0.39, 0.29) is 17.2 Å². The van der Waals surface area contributed by atoms with Gasteiger partial charge in [-0.1, -0.05) is 0 Å². The van der Waals surface area contributed by atoms with Crippen molar-refractivity contribution in [2.45, 2.75) is 0 Å². The number of ether oxygens (including phenoxy) is 1. The van der Waals surface area contributed by atoms with Crippen LogP contribution in [0.5, 0.6) is 5.75 Å². The normalized spacial score (nSPS) is 14.0. The minimum absolute atomic E-state index is 0.0169. The van der Waals surface area contributed by atoms with Gasteiger partial charge >= 0.3 is 5.97 Å². The van der Waals surface area contributed by atoms with E-state index in [0.29, 0.717) is 17.9 Å². The van der Waals surface area contributed by atoms with E-state index in [1.54, 1.807) is 13.1 Å². The standard InChI is InChI=1S/C11H12N2O4/c1-13-5-12-10(14)6-3-7(11(15)16)9(17-2)4-8(6)13/h3-4H,5H2,1-2H3,(H,12,14)(H,15,16). The van der Waals surface area contributed by atoms with Crippen molar-refractivity contribution < 1.29 is 19.4 Å². The number of nitrogens with one attached hydrogen (secondary N) is 1. The Morgan fingerprint density at radius 3 is 2.82 bits per heavy atom. The molecule has 0 radical (unpaired) electrons. The van der Waals surface area contributed by atoms with Crippen molar-refractivity contribution in [1.82, 2.24) is 5.32 Å². The van der Waals surface area contributed by atoms with E-state index < -0.39 is 5.97 Å². The van der Waals surface area contributed by atoms with E-state index in [4.69, 9.17) is 9.84 Å². The fraction of sp³-hybridized carbons (Fsp3) is 0.273. The van der Waals surface area contributed by atoms with Crippen LogP contribution in [0.1, 0.15) is 20.7 Å². The van der Waals surface area contributed by atoms with Gasteiger partial charge in [0.05, 0.1) is 25.0 Å². The number of benzene rings is 1. The van der Waals surface area contributed by atoms with Crippen LogP contribution in [-0.2, 0) is 0 Å². The van der Waals surface area contributed by atoms with Crippen LogP contribution in [-0.4, -0.2) is 37.8 Å². The maximum absolute atomic E-state index is 11.6. The number of methoxy groups -OCH3 is 1. The van der Waals surface area contributed by atoms with Crippen molar-refractivity contribution in [1.29, 1.82) is 0 Å². The number of anilines is 1. The third kappa shape index (κ3) is 1.77. The van der Waals surface area contributed by atoms with Gasteiger partial charge in [-0.2, -0.15) is 0 Å². The van der Waals surface area contributed by atoms with Gasteiger partial charge in [0.25, 0.3) is 5.91 Å². The monoisotopic (exact) mass is 236 g/mol. The lowest BCUT2D eigenvalue weighted by Gasteiger charge is -2.28. The van der Waals surface area contributed by atoms with Crippen LogP contribution in [0, 0.1) is 0 Å². The van der Waals surface area contributed by atoms with Crippen molar-refractivity contribution in [2.24, 2.45) is 0 Å². The molecule has 6 nitrogen and oxygen atoms in total. The number of carboxylic acid groups (broad SMARTS) is 1. The highest BCUT2D eigenvalue weighted by Gasteiger charge is 2.24. The van der Waals surface area contributed by atoms with E-state index in [1.807, 2.05) is 4.90 Å². The molecule has 90 valence electrons. The molecule has 0 saturated carbocycles. The van der Waals surface area contributed by atoms with Gasteiger partial charge in [-0.05, 0) is 6.07 Å². The van der Waals surface area contributed by atoms with Crippen LogP contribution in [0.25, 0.3) is 0 Å². The molecule has 1 aliphatic heterocycles. The second-order valence-corrected chi connectivity index (χ2v) is 3.74. The minimum Gasteiger partial charge on any atom is -0.496 e. The number of carbonyl (C=O) groups is 2. The Morgan fingerprint density at radius 1 is 1.53 bits per heavy atom. The zero-order valence-corrected chi connectivity index (χ0v) is 9.48. The van der Waals surface area contributed by atoms with Gasteiger partial charge in [0, 0.05) is 13.1 Å². The van der Waals surface area contributed by atoms with Gasteiger partial charge in [-0.15, -0.1) is 0 Å². The van der Waals surface area contributed by atoms with Gasteiger partial charge in [-0.25, -0.2) is 4.79 Å². The first-order valence-electron chi connectivity index (χ1n) is 4.99. The summed E-state index contributed by atoms with van der Waals surface area (Å²) in [6.07, 6.45) is 0. The summed E-state index contributed by atoms with van der Waals surface area (Å²) in [6.45, 7) is 0.390.